The van der Waals surface area contributed by atoms with Crippen molar-refractivity contribution in [3.8, 4) is 0 Å². The van der Waals surface area contributed by atoms with Gasteiger partial charge in [-0.2, -0.15) is 0 Å². The number of rotatable bonds is 5. The van der Waals surface area contributed by atoms with E-state index in [-0.39, 0.29) is 29.4 Å². The zero-order valence-electron chi connectivity index (χ0n) is 23.4. The summed E-state index contributed by atoms with van der Waals surface area (Å²) in [6.07, 6.45) is 4.06. The van der Waals surface area contributed by atoms with Gasteiger partial charge in [0.2, 0.25) is 5.91 Å². The molecule has 0 spiro atoms. The lowest BCUT2D eigenvalue weighted by Gasteiger charge is -2.41. The Morgan fingerprint density at radius 3 is 2.52 bits per heavy atom. The van der Waals surface area contributed by atoms with Gasteiger partial charge in [0.15, 0.2) is 5.11 Å². The quantitative estimate of drug-likeness (QED) is 0.294. The number of aromatic nitrogens is 1. The molecule has 3 heterocycles. The molecule has 1 amide bonds. The summed E-state index contributed by atoms with van der Waals surface area (Å²) in [5.74, 6) is -0.263. The number of pyridine rings is 1. The Hall–Kier alpha value is -3.13. The number of allylic oxidation sites excluding steroid dienone is 1. The second-order valence-corrected chi connectivity index (χ2v) is 12.4. The molecule has 0 radical (unpaired) electrons. The van der Waals surface area contributed by atoms with E-state index in [0.29, 0.717) is 20.8 Å². The summed E-state index contributed by atoms with van der Waals surface area (Å²) in [6, 6.07) is 15.1. The number of nitrogens with one attached hydrogen (secondary N) is 2. The highest BCUT2D eigenvalue weighted by Gasteiger charge is 2.42. The Bertz CT molecular complexity index is 1520. The van der Waals surface area contributed by atoms with Crippen LogP contribution in [-0.2, 0) is 4.79 Å². The molecule has 9 heteroatoms. The van der Waals surface area contributed by atoms with Crippen molar-refractivity contribution >= 4 is 69.1 Å². The Labute approximate surface area is 251 Å². The Morgan fingerprint density at radius 2 is 1.88 bits per heavy atom. The van der Waals surface area contributed by atoms with Crippen LogP contribution in [0.3, 0.4) is 0 Å². The molecule has 2 aliphatic rings. The molecule has 1 saturated heterocycles. The number of hydrogen-bond acceptors (Lipinski definition) is 4. The highest BCUT2D eigenvalue weighted by atomic mass is 35.5. The van der Waals surface area contributed by atoms with Gasteiger partial charge in [-0.05, 0) is 86.6 Å². The van der Waals surface area contributed by atoms with Crippen molar-refractivity contribution in [2.75, 3.05) is 22.2 Å². The van der Waals surface area contributed by atoms with E-state index in [1.165, 1.54) is 5.57 Å². The smallest absolute Gasteiger partial charge is 0.226 e. The van der Waals surface area contributed by atoms with Crippen LogP contribution in [0.5, 0.6) is 0 Å². The van der Waals surface area contributed by atoms with Gasteiger partial charge in [0.05, 0.1) is 34.0 Å². The lowest BCUT2D eigenvalue weighted by atomic mass is 9.86. The second kappa shape index (κ2) is 10.7. The number of likely N-dealkylation sites (N-methyl/N-ethyl adjacent to an activating group) is 1. The second-order valence-electron chi connectivity index (χ2n) is 11.2. The van der Waals surface area contributed by atoms with Crippen molar-refractivity contribution in [3.63, 3.8) is 0 Å². The first-order chi connectivity index (χ1) is 18.9. The monoisotopic (exact) mass is 593 g/mol. The van der Waals surface area contributed by atoms with E-state index in [4.69, 9.17) is 35.4 Å². The van der Waals surface area contributed by atoms with Gasteiger partial charge in [-0.1, -0.05) is 49.2 Å². The van der Waals surface area contributed by atoms with Gasteiger partial charge in [0.1, 0.15) is 0 Å². The minimum Gasteiger partial charge on any atom is -0.365 e. The van der Waals surface area contributed by atoms with Crippen LogP contribution in [0, 0.1) is 5.92 Å². The Balaban J connectivity index is 1.64. The molecule has 1 fully saturated rings. The molecule has 40 heavy (non-hydrogen) atoms. The van der Waals surface area contributed by atoms with Crippen molar-refractivity contribution in [2.24, 2.45) is 5.92 Å². The van der Waals surface area contributed by atoms with Gasteiger partial charge in [-0.15, -0.1) is 0 Å². The highest BCUT2D eigenvalue weighted by molar-refractivity contribution is 7.80. The first-order valence-corrected chi connectivity index (χ1v) is 14.4. The molecule has 3 aromatic rings. The summed E-state index contributed by atoms with van der Waals surface area (Å²) >= 11 is 19.7. The molecule has 2 aliphatic heterocycles. The van der Waals surface area contributed by atoms with Crippen LogP contribution in [0.15, 0.2) is 60.8 Å². The highest BCUT2D eigenvalue weighted by Crippen LogP contribution is 2.48. The molecule has 0 unspecified atom stereocenters. The number of carbonyl (C=O) groups excluding carboxylic acids is 1. The van der Waals surface area contributed by atoms with Crippen molar-refractivity contribution in [3.05, 3.63) is 87.7 Å². The SMILES string of the molecule is CC1=CC(C)(C)N(C)c2cc(Cl)c([C@H]3[C@@H](c4ccccn4)NC(=S)N3c3ccc(NC(=O)C(C)C)c(Cl)c3)cc21. The number of anilines is 3. The average Bonchev–Trinajstić information content (AvgIpc) is 3.25. The zero-order valence-corrected chi connectivity index (χ0v) is 25.7. The van der Waals surface area contributed by atoms with Crippen LogP contribution in [0.2, 0.25) is 10.0 Å². The van der Waals surface area contributed by atoms with Crippen molar-refractivity contribution in [1.82, 2.24) is 10.3 Å². The van der Waals surface area contributed by atoms with Crippen molar-refractivity contribution in [2.45, 2.75) is 52.2 Å². The van der Waals surface area contributed by atoms with Gasteiger partial charge in [0.25, 0.3) is 0 Å². The summed E-state index contributed by atoms with van der Waals surface area (Å²) in [7, 11) is 2.09. The Kier molecular flexibility index (Phi) is 7.59. The molecule has 1 aromatic heterocycles. The van der Waals surface area contributed by atoms with Gasteiger partial charge in [-0.25, -0.2) is 0 Å². The van der Waals surface area contributed by atoms with E-state index in [1.807, 2.05) is 55.1 Å². The standard InChI is InChI=1S/C31H33Cl2N5OS/c1-17(2)29(39)35-24-11-10-19(13-23(24)33)38-28(27(36-30(38)40)25-9-7-8-12-34-25)21-14-20-18(3)16-31(4,5)37(6)26(20)15-22(21)32/h7-17,27-28H,1-6H3,(H,35,39)(H,36,40)/t27-,28+/m1/s1. The van der Waals surface area contributed by atoms with Crippen LogP contribution in [0.4, 0.5) is 17.1 Å². The van der Waals surface area contributed by atoms with Crippen LogP contribution in [0.1, 0.15) is 63.5 Å². The summed E-state index contributed by atoms with van der Waals surface area (Å²) in [4.78, 5) is 21.2. The molecular formula is C31H33Cl2N5OS. The molecular weight excluding hydrogens is 561 g/mol. The predicted molar refractivity (Wildman–Crippen MR) is 170 cm³/mol. The summed E-state index contributed by atoms with van der Waals surface area (Å²) in [5.41, 5.74) is 6.39. The fraction of sp³-hybridized carbons (Fsp3) is 0.323. The normalized spacial score (nSPS) is 19.8. The van der Waals surface area contributed by atoms with Gasteiger partial charge in [0, 0.05) is 41.1 Å². The molecule has 0 aliphatic carbocycles. The lowest BCUT2D eigenvalue weighted by Crippen LogP contribution is -2.42. The minimum absolute atomic E-state index is 0.0986. The van der Waals surface area contributed by atoms with Crippen molar-refractivity contribution < 1.29 is 4.79 Å². The molecule has 208 valence electrons. The van der Waals surface area contributed by atoms with E-state index in [1.54, 1.807) is 6.20 Å². The first-order valence-electron chi connectivity index (χ1n) is 13.3. The number of benzene rings is 2. The number of hydrogen-bond donors (Lipinski definition) is 2. The van der Waals surface area contributed by atoms with Crippen LogP contribution in [0.25, 0.3) is 5.57 Å². The number of nitrogens with zero attached hydrogens (tertiary/aromatic N) is 3. The third kappa shape index (κ3) is 5.06. The summed E-state index contributed by atoms with van der Waals surface area (Å²) < 4.78 is 0. The molecule has 6 nitrogen and oxygen atoms in total. The molecule has 0 saturated carbocycles. The van der Waals surface area contributed by atoms with Crippen LogP contribution < -0.4 is 20.4 Å². The average molecular weight is 595 g/mol. The van der Waals surface area contributed by atoms with Gasteiger partial charge < -0.3 is 20.4 Å². The molecule has 0 bridgehead atoms. The van der Waals surface area contributed by atoms with Crippen LogP contribution >= 0.6 is 35.4 Å². The molecule has 2 atom stereocenters. The summed E-state index contributed by atoms with van der Waals surface area (Å²) in [6.45, 7) is 10.2. The van der Waals surface area contributed by atoms with E-state index >= 15 is 0 Å². The lowest BCUT2D eigenvalue weighted by molar-refractivity contribution is -0.118. The van der Waals surface area contributed by atoms with E-state index in [2.05, 4.69) is 66.5 Å². The van der Waals surface area contributed by atoms with Crippen LogP contribution in [-0.4, -0.2) is 28.6 Å². The first kappa shape index (κ1) is 28.4. The fourth-order valence-corrected chi connectivity index (χ4v) is 6.23. The van der Waals surface area contributed by atoms with E-state index in [0.717, 1.165) is 28.2 Å². The third-order valence-electron chi connectivity index (χ3n) is 7.77. The van der Waals surface area contributed by atoms with Gasteiger partial charge in [-0.3, -0.25) is 9.78 Å². The molecule has 2 N–H and O–H groups in total. The predicted octanol–water partition coefficient (Wildman–Crippen LogP) is 7.79. The number of fused-ring (bicyclic) bond motifs is 1. The maximum Gasteiger partial charge on any atom is 0.226 e. The largest absolute Gasteiger partial charge is 0.365 e. The maximum atomic E-state index is 12.3. The molecule has 2 aromatic carbocycles. The minimum atomic E-state index is -0.305. The number of halogens is 2. The number of carbonyl (C=O) groups is 1. The zero-order chi connectivity index (χ0) is 28.9. The van der Waals surface area contributed by atoms with Gasteiger partial charge >= 0.3 is 0 Å². The molecule has 5 rings (SSSR count). The fourth-order valence-electron chi connectivity index (χ4n) is 5.40. The Morgan fingerprint density at radius 1 is 1.12 bits per heavy atom. The summed E-state index contributed by atoms with van der Waals surface area (Å²) in [5, 5.41) is 7.99. The topological polar surface area (TPSA) is 60.5 Å². The van der Waals surface area contributed by atoms with E-state index in [9.17, 15) is 4.79 Å². The third-order valence-corrected chi connectivity index (χ3v) is 8.72. The maximum absolute atomic E-state index is 12.3. The number of amides is 1. The number of thiocarbonyl (C=S) groups is 1. The van der Waals surface area contributed by atoms with E-state index < -0.39 is 0 Å². The van der Waals surface area contributed by atoms with Crippen molar-refractivity contribution in [1.29, 1.82) is 0 Å².